The van der Waals surface area contributed by atoms with Crippen molar-refractivity contribution in [3.05, 3.63) is 5.57 Å². The monoisotopic (exact) mass is 214 g/mol. The van der Waals surface area contributed by atoms with E-state index < -0.39 is 17.9 Å². The van der Waals surface area contributed by atoms with Gasteiger partial charge in [0, 0.05) is 12.5 Å². The van der Waals surface area contributed by atoms with Crippen molar-refractivity contribution in [3.63, 3.8) is 0 Å². The Morgan fingerprint density at radius 2 is 2.13 bits per heavy atom. The van der Waals surface area contributed by atoms with Gasteiger partial charge in [0.2, 0.25) is 5.91 Å². The van der Waals surface area contributed by atoms with Gasteiger partial charge in [-0.2, -0.15) is 0 Å². The molecule has 0 saturated carbocycles. The molecule has 6 heteroatoms. The molecule has 0 aliphatic carbocycles. The summed E-state index contributed by atoms with van der Waals surface area (Å²) in [6.45, 7) is 1.53. The van der Waals surface area contributed by atoms with Crippen LogP contribution in [0.3, 0.4) is 0 Å². The first-order chi connectivity index (χ1) is 7.02. The quantitative estimate of drug-likeness (QED) is 0.495. The van der Waals surface area contributed by atoms with Gasteiger partial charge >= 0.3 is 5.97 Å². The minimum absolute atomic E-state index is 0.00292. The molecular weight excluding hydrogens is 200 g/mol. The SMILES string of the molecule is CC(=O)NC(C(=O)O)C(=C=O)CCCN. The zero-order valence-corrected chi connectivity index (χ0v) is 8.45. The Bertz CT molecular complexity index is 294. The Hall–Kier alpha value is -1.65. The van der Waals surface area contributed by atoms with Gasteiger partial charge in [-0.1, -0.05) is 0 Å². The lowest BCUT2D eigenvalue weighted by molar-refractivity contribution is -0.140. The van der Waals surface area contributed by atoms with Crippen molar-refractivity contribution in [2.45, 2.75) is 25.8 Å². The first-order valence-corrected chi connectivity index (χ1v) is 4.46. The van der Waals surface area contributed by atoms with E-state index in [2.05, 4.69) is 5.32 Å². The van der Waals surface area contributed by atoms with E-state index in [4.69, 9.17) is 10.8 Å². The highest BCUT2D eigenvalue weighted by Crippen LogP contribution is 2.06. The van der Waals surface area contributed by atoms with E-state index in [9.17, 15) is 14.4 Å². The third kappa shape index (κ3) is 4.95. The third-order valence-electron chi connectivity index (χ3n) is 1.72. The second-order valence-corrected chi connectivity index (χ2v) is 2.99. The van der Waals surface area contributed by atoms with Crippen LogP contribution in [0, 0.1) is 0 Å². The van der Waals surface area contributed by atoms with Crippen LogP contribution in [0.5, 0.6) is 0 Å². The van der Waals surface area contributed by atoms with Crippen LogP contribution in [0.25, 0.3) is 0 Å². The van der Waals surface area contributed by atoms with Crippen LogP contribution >= 0.6 is 0 Å². The molecule has 0 aliphatic heterocycles. The Kier molecular flexibility index (Phi) is 6.01. The first kappa shape index (κ1) is 13.4. The highest BCUT2D eigenvalue weighted by atomic mass is 16.4. The molecule has 0 rings (SSSR count). The van der Waals surface area contributed by atoms with Gasteiger partial charge in [0.1, 0.15) is 5.94 Å². The van der Waals surface area contributed by atoms with Crippen LogP contribution in [0.2, 0.25) is 0 Å². The van der Waals surface area contributed by atoms with Crippen molar-refractivity contribution in [2.75, 3.05) is 6.54 Å². The smallest absolute Gasteiger partial charge is 0.331 e. The summed E-state index contributed by atoms with van der Waals surface area (Å²) in [7, 11) is 0. The fraction of sp³-hybridized carbons (Fsp3) is 0.556. The largest absolute Gasteiger partial charge is 0.479 e. The first-order valence-electron chi connectivity index (χ1n) is 4.46. The summed E-state index contributed by atoms with van der Waals surface area (Å²) in [5.74, 6) is -0.249. The molecule has 0 heterocycles. The van der Waals surface area contributed by atoms with Gasteiger partial charge in [0.25, 0.3) is 0 Å². The Morgan fingerprint density at radius 1 is 1.53 bits per heavy atom. The maximum absolute atomic E-state index is 10.8. The van der Waals surface area contributed by atoms with Crippen molar-refractivity contribution in [2.24, 2.45) is 5.73 Å². The summed E-state index contributed by atoms with van der Waals surface area (Å²) >= 11 is 0. The molecule has 15 heavy (non-hydrogen) atoms. The molecule has 1 amide bonds. The number of nitrogens with two attached hydrogens (primary N) is 1. The van der Waals surface area contributed by atoms with Gasteiger partial charge in [-0.05, 0) is 19.4 Å². The fourth-order valence-corrected chi connectivity index (χ4v) is 1.05. The predicted octanol–water partition coefficient (Wildman–Crippen LogP) is -0.927. The number of carbonyl (C=O) groups excluding carboxylic acids is 2. The molecule has 0 bridgehead atoms. The molecule has 0 aromatic rings. The number of aliphatic carboxylic acids is 1. The van der Waals surface area contributed by atoms with Crippen molar-refractivity contribution >= 4 is 17.8 Å². The molecule has 0 spiro atoms. The van der Waals surface area contributed by atoms with E-state index in [1.165, 1.54) is 12.9 Å². The number of rotatable bonds is 6. The summed E-state index contributed by atoms with van der Waals surface area (Å²) in [5, 5.41) is 10.9. The number of carboxylic acids is 1. The maximum Gasteiger partial charge on any atom is 0.331 e. The molecule has 1 unspecified atom stereocenters. The van der Waals surface area contributed by atoms with Crippen LogP contribution in [-0.4, -0.2) is 35.5 Å². The number of nitrogens with one attached hydrogen (secondary N) is 1. The topological polar surface area (TPSA) is 109 Å². The van der Waals surface area contributed by atoms with Gasteiger partial charge in [-0.15, -0.1) is 0 Å². The molecule has 0 fully saturated rings. The van der Waals surface area contributed by atoms with Crippen molar-refractivity contribution in [1.29, 1.82) is 0 Å². The van der Waals surface area contributed by atoms with Crippen LogP contribution in [0.1, 0.15) is 19.8 Å². The lowest BCUT2D eigenvalue weighted by Crippen LogP contribution is -2.41. The Balaban J connectivity index is 4.64. The molecule has 6 nitrogen and oxygen atoms in total. The zero-order chi connectivity index (χ0) is 11.8. The average molecular weight is 214 g/mol. The van der Waals surface area contributed by atoms with Gasteiger partial charge in [0.15, 0.2) is 6.04 Å². The number of amides is 1. The van der Waals surface area contributed by atoms with Crippen molar-refractivity contribution in [3.8, 4) is 0 Å². The number of carboxylic acid groups (broad SMARTS) is 1. The highest BCUT2D eigenvalue weighted by molar-refractivity contribution is 5.87. The van der Waals surface area contributed by atoms with E-state index in [-0.39, 0.29) is 12.0 Å². The number of carbonyl (C=O) groups is 2. The molecule has 1 atom stereocenters. The Labute approximate surface area is 87.1 Å². The van der Waals surface area contributed by atoms with E-state index in [0.29, 0.717) is 13.0 Å². The van der Waals surface area contributed by atoms with E-state index in [1.807, 2.05) is 0 Å². The van der Waals surface area contributed by atoms with Crippen LogP contribution in [0.4, 0.5) is 0 Å². The summed E-state index contributed by atoms with van der Waals surface area (Å²) in [4.78, 5) is 32.0. The predicted molar refractivity (Wildman–Crippen MR) is 52.7 cm³/mol. The lowest BCUT2D eigenvalue weighted by atomic mass is 10.0. The van der Waals surface area contributed by atoms with Gasteiger partial charge < -0.3 is 16.2 Å². The maximum atomic E-state index is 10.8. The Morgan fingerprint density at radius 3 is 2.47 bits per heavy atom. The summed E-state index contributed by atoms with van der Waals surface area (Å²) in [5.41, 5.74) is 5.23. The number of hydrogen-bond donors (Lipinski definition) is 3. The molecule has 84 valence electrons. The van der Waals surface area contributed by atoms with Crippen LogP contribution in [-0.2, 0) is 14.4 Å². The summed E-state index contributed by atoms with van der Waals surface area (Å²) in [6, 6.07) is -1.30. The lowest BCUT2D eigenvalue weighted by Gasteiger charge is -2.13. The van der Waals surface area contributed by atoms with Gasteiger partial charge in [-0.3, -0.25) is 4.79 Å². The minimum Gasteiger partial charge on any atom is -0.479 e. The molecule has 4 N–H and O–H groups in total. The van der Waals surface area contributed by atoms with Gasteiger partial charge in [0.05, 0.1) is 0 Å². The average Bonchev–Trinajstić information content (AvgIpc) is 2.16. The third-order valence-corrected chi connectivity index (χ3v) is 1.72. The molecular formula is C9H14N2O4. The van der Waals surface area contributed by atoms with E-state index >= 15 is 0 Å². The normalized spacial score (nSPS) is 11.3. The molecule has 0 aromatic carbocycles. The summed E-state index contributed by atoms with van der Waals surface area (Å²) in [6.07, 6.45) is 0.700. The standard InChI is InChI=1S/C9H14N2O4/c1-6(13)11-8(9(14)15)7(5-12)3-2-4-10/h8H,2-4,10H2,1H3,(H,11,13)(H,14,15). The molecule has 0 aromatic heterocycles. The number of hydrogen-bond acceptors (Lipinski definition) is 4. The second kappa shape index (κ2) is 6.75. The van der Waals surface area contributed by atoms with Crippen molar-refractivity contribution in [1.82, 2.24) is 5.32 Å². The molecule has 0 radical (unpaired) electrons. The van der Waals surface area contributed by atoms with Crippen molar-refractivity contribution < 1.29 is 19.5 Å². The zero-order valence-electron chi connectivity index (χ0n) is 8.45. The highest BCUT2D eigenvalue weighted by Gasteiger charge is 2.23. The molecule has 0 saturated heterocycles. The van der Waals surface area contributed by atoms with E-state index in [1.54, 1.807) is 0 Å². The minimum atomic E-state index is -1.30. The van der Waals surface area contributed by atoms with Crippen LogP contribution in [0.15, 0.2) is 5.57 Å². The van der Waals surface area contributed by atoms with Crippen LogP contribution < -0.4 is 11.1 Å². The summed E-state index contributed by atoms with van der Waals surface area (Å²) < 4.78 is 0. The van der Waals surface area contributed by atoms with Gasteiger partial charge in [-0.25, -0.2) is 9.59 Å². The molecule has 0 aliphatic rings. The fourth-order valence-electron chi connectivity index (χ4n) is 1.05. The second-order valence-electron chi connectivity index (χ2n) is 2.99. The van der Waals surface area contributed by atoms with E-state index in [0.717, 1.165) is 0 Å².